The summed E-state index contributed by atoms with van der Waals surface area (Å²) in [5.74, 6) is 1.79. The van der Waals surface area contributed by atoms with Crippen LogP contribution in [0, 0.1) is 0 Å². The van der Waals surface area contributed by atoms with Crippen molar-refractivity contribution in [2.24, 2.45) is 7.05 Å². The molecule has 1 N–H and O–H groups in total. The van der Waals surface area contributed by atoms with Crippen LogP contribution in [0.2, 0.25) is 0 Å². The number of ether oxygens (including phenoxy) is 1. The number of pyridine rings is 1. The van der Waals surface area contributed by atoms with Crippen molar-refractivity contribution in [1.82, 2.24) is 29.5 Å². The molecule has 4 heterocycles. The third-order valence-corrected chi connectivity index (χ3v) is 5.80. The van der Waals surface area contributed by atoms with Crippen LogP contribution in [-0.4, -0.2) is 42.2 Å². The van der Waals surface area contributed by atoms with Gasteiger partial charge in [-0.3, -0.25) is 9.48 Å². The Labute approximate surface area is 184 Å². The summed E-state index contributed by atoms with van der Waals surface area (Å²) in [6.45, 7) is 2.84. The van der Waals surface area contributed by atoms with E-state index >= 15 is 0 Å². The molecule has 10 heteroatoms. The normalized spacial score (nSPS) is 18.7. The van der Waals surface area contributed by atoms with Gasteiger partial charge in [0, 0.05) is 38.0 Å². The number of hydrogen-bond donors (Lipinski definition) is 1. The average molecular weight is 435 g/mol. The van der Waals surface area contributed by atoms with Crippen LogP contribution in [0.3, 0.4) is 0 Å². The highest BCUT2D eigenvalue weighted by molar-refractivity contribution is 5.92. The lowest BCUT2D eigenvalue weighted by molar-refractivity contribution is 0.123. The lowest BCUT2D eigenvalue weighted by Crippen LogP contribution is -2.27. The lowest BCUT2D eigenvalue weighted by atomic mass is 9.93. The van der Waals surface area contributed by atoms with Gasteiger partial charge in [0.05, 0.1) is 23.1 Å². The quantitative estimate of drug-likeness (QED) is 0.491. The second kappa shape index (κ2) is 8.45. The Kier molecular flexibility index (Phi) is 5.34. The SMILES string of the molecule is CCNc1cc2c(cn1)c(-c1ncco1)nn2[C@H]1CC[C@@H](Oc2ccc(=O)n(C)n2)CC1. The number of nitrogens with zero attached hydrogens (tertiary/aromatic N) is 6. The van der Waals surface area contributed by atoms with Crippen LogP contribution in [-0.2, 0) is 7.05 Å². The van der Waals surface area contributed by atoms with Crippen molar-refractivity contribution in [2.45, 2.75) is 44.8 Å². The van der Waals surface area contributed by atoms with Crippen molar-refractivity contribution < 1.29 is 9.15 Å². The third kappa shape index (κ3) is 3.83. The summed E-state index contributed by atoms with van der Waals surface area (Å²) in [5.41, 5.74) is 1.56. The van der Waals surface area contributed by atoms with Gasteiger partial charge in [-0.25, -0.2) is 14.6 Å². The maximum absolute atomic E-state index is 11.5. The summed E-state index contributed by atoms with van der Waals surface area (Å²) in [7, 11) is 1.62. The predicted molar refractivity (Wildman–Crippen MR) is 119 cm³/mol. The van der Waals surface area contributed by atoms with Gasteiger partial charge in [0.1, 0.15) is 18.2 Å². The first-order valence-electron chi connectivity index (χ1n) is 10.9. The zero-order valence-electron chi connectivity index (χ0n) is 18.1. The van der Waals surface area contributed by atoms with Gasteiger partial charge in [-0.1, -0.05) is 0 Å². The summed E-state index contributed by atoms with van der Waals surface area (Å²) < 4.78 is 14.9. The minimum absolute atomic E-state index is 0.0586. The molecule has 0 unspecified atom stereocenters. The van der Waals surface area contributed by atoms with Gasteiger partial charge in [0.2, 0.25) is 11.8 Å². The molecule has 0 atom stereocenters. The topological polar surface area (TPSA) is 113 Å². The van der Waals surface area contributed by atoms with E-state index in [2.05, 4.69) is 25.1 Å². The molecule has 4 aromatic heterocycles. The highest BCUT2D eigenvalue weighted by Crippen LogP contribution is 2.36. The van der Waals surface area contributed by atoms with Crippen LogP contribution in [0.4, 0.5) is 5.82 Å². The Balaban J connectivity index is 1.39. The molecule has 166 valence electrons. The maximum atomic E-state index is 11.5. The smallest absolute Gasteiger partial charge is 0.266 e. The van der Waals surface area contributed by atoms with E-state index in [-0.39, 0.29) is 17.7 Å². The Morgan fingerprint density at radius 3 is 2.75 bits per heavy atom. The Bertz CT molecular complexity index is 1270. The molecule has 1 fully saturated rings. The molecule has 1 saturated carbocycles. The number of hydrogen-bond acceptors (Lipinski definition) is 8. The van der Waals surface area contributed by atoms with Crippen LogP contribution < -0.4 is 15.6 Å². The van der Waals surface area contributed by atoms with Crippen LogP contribution in [0.25, 0.3) is 22.5 Å². The first-order chi connectivity index (χ1) is 15.6. The molecule has 0 radical (unpaired) electrons. The van der Waals surface area contributed by atoms with Gasteiger partial charge >= 0.3 is 0 Å². The zero-order valence-corrected chi connectivity index (χ0v) is 18.1. The Hall–Kier alpha value is -3.69. The lowest BCUT2D eigenvalue weighted by Gasteiger charge is -2.29. The molecule has 32 heavy (non-hydrogen) atoms. The van der Waals surface area contributed by atoms with Crippen molar-refractivity contribution >= 4 is 16.7 Å². The number of aryl methyl sites for hydroxylation is 1. The van der Waals surface area contributed by atoms with Gasteiger partial charge < -0.3 is 14.5 Å². The molecule has 0 saturated heterocycles. The summed E-state index contributed by atoms with van der Waals surface area (Å²) in [6, 6.07) is 5.37. The largest absolute Gasteiger partial charge is 0.473 e. The van der Waals surface area contributed by atoms with E-state index in [1.165, 1.54) is 10.7 Å². The fraction of sp³-hybridized carbons (Fsp3) is 0.409. The van der Waals surface area contributed by atoms with E-state index in [0.717, 1.165) is 48.9 Å². The molecule has 1 aliphatic carbocycles. The second-order valence-electron chi connectivity index (χ2n) is 7.93. The predicted octanol–water partition coefficient (Wildman–Crippen LogP) is 3.17. The molecule has 5 rings (SSSR count). The number of fused-ring (bicyclic) bond motifs is 1. The molecule has 0 aliphatic heterocycles. The highest BCUT2D eigenvalue weighted by Gasteiger charge is 2.27. The average Bonchev–Trinajstić information content (AvgIpc) is 3.45. The van der Waals surface area contributed by atoms with Crippen molar-refractivity contribution in [2.75, 3.05) is 11.9 Å². The molecule has 0 amide bonds. The van der Waals surface area contributed by atoms with E-state index in [0.29, 0.717) is 17.5 Å². The van der Waals surface area contributed by atoms with Gasteiger partial charge in [-0.2, -0.15) is 5.10 Å². The molecule has 1 aliphatic rings. The fourth-order valence-electron chi connectivity index (χ4n) is 4.21. The molecular formula is C22H25N7O3. The van der Waals surface area contributed by atoms with Gasteiger partial charge in [0.15, 0.2) is 5.69 Å². The van der Waals surface area contributed by atoms with Gasteiger partial charge in [0.25, 0.3) is 5.56 Å². The summed E-state index contributed by atoms with van der Waals surface area (Å²) >= 11 is 0. The zero-order chi connectivity index (χ0) is 22.1. The summed E-state index contributed by atoms with van der Waals surface area (Å²) in [4.78, 5) is 20.3. The number of oxazole rings is 1. The van der Waals surface area contributed by atoms with E-state index in [1.807, 2.05) is 19.2 Å². The number of anilines is 1. The third-order valence-electron chi connectivity index (χ3n) is 5.80. The van der Waals surface area contributed by atoms with Crippen molar-refractivity contribution in [1.29, 1.82) is 0 Å². The van der Waals surface area contributed by atoms with Crippen LogP contribution in [0.15, 0.2) is 46.1 Å². The molecule has 0 bridgehead atoms. The van der Waals surface area contributed by atoms with Crippen molar-refractivity contribution in [3.05, 3.63) is 47.2 Å². The van der Waals surface area contributed by atoms with E-state index < -0.39 is 0 Å². The van der Waals surface area contributed by atoms with Crippen molar-refractivity contribution in [3.8, 4) is 17.5 Å². The van der Waals surface area contributed by atoms with E-state index in [9.17, 15) is 4.79 Å². The maximum Gasteiger partial charge on any atom is 0.266 e. The first kappa shape index (κ1) is 20.2. The van der Waals surface area contributed by atoms with Gasteiger partial charge in [-0.05, 0) is 32.6 Å². The minimum atomic E-state index is -0.153. The van der Waals surface area contributed by atoms with Crippen molar-refractivity contribution in [3.63, 3.8) is 0 Å². The Morgan fingerprint density at radius 1 is 1.19 bits per heavy atom. The first-order valence-corrected chi connectivity index (χ1v) is 10.9. The minimum Gasteiger partial charge on any atom is -0.473 e. The number of aromatic nitrogens is 6. The number of nitrogens with one attached hydrogen (secondary N) is 1. The second-order valence-corrected chi connectivity index (χ2v) is 7.93. The fourth-order valence-corrected chi connectivity index (χ4v) is 4.21. The molecular weight excluding hydrogens is 410 g/mol. The van der Waals surface area contributed by atoms with Crippen LogP contribution in [0.5, 0.6) is 5.88 Å². The van der Waals surface area contributed by atoms with Gasteiger partial charge in [-0.15, -0.1) is 5.10 Å². The van der Waals surface area contributed by atoms with Crippen LogP contribution in [0.1, 0.15) is 38.6 Å². The summed E-state index contributed by atoms with van der Waals surface area (Å²) in [5, 5.41) is 13.3. The highest BCUT2D eigenvalue weighted by atomic mass is 16.5. The Morgan fingerprint density at radius 2 is 2.03 bits per heavy atom. The molecule has 10 nitrogen and oxygen atoms in total. The molecule has 0 spiro atoms. The standard InChI is InChI=1S/C22H25N7O3/c1-3-23-18-12-17-16(13-25-18)21(22-24-10-11-31-22)27-29(17)14-4-6-15(7-5-14)32-19-8-9-20(30)28(2)26-19/h8-15H,3-7H2,1-2H3,(H,23,25)/t14-,15+. The number of rotatable bonds is 6. The molecule has 0 aromatic carbocycles. The molecule has 4 aromatic rings. The van der Waals surface area contributed by atoms with E-state index in [1.54, 1.807) is 25.6 Å². The van der Waals surface area contributed by atoms with Crippen LogP contribution >= 0.6 is 0 Å². The van der Waals surface area contributed by atoms with E-state index in [4.69, 9.17) is 14.3 Å². The monoisotopic (exact) mass is 435 g/mol. The summed E-state index contributed by atoms with van der Waals surface area (Å²) in [6.07, 6.45) is 8.63.